The Morgan fingerprint density at radius 2 is 2.71 bits per heavy atom. The summed E-state index contributed by atoms with van der Waals surface area (Å²) in [5.74, 6) is 0. The average Bonchev–Trinajstić information content (AvgIpc) is 2.14. The van der Waals surface area contributed by atoms with Crippen LogP contribution in [-0.2, 0) is 4.79 Å². The molecule has 0 bridgehead atoms. The van der Waals surface area contributed by atoms with Crippen LogP contribution in [0, 0.1) is 6.33 Å². The Morgan fingerprint density at radius 3 is 3.00 bits per heavy atom. The molecule has 0 aromatic carbocycles. The van der Waals surface area contributed by atoms with Gasteiger partial charge in [0.1, 0.15) is 0 Å². The van der Waals surface area contributed by atoms with Gasteiger partial charge < -0.3 is 0 Å². The third-order valence-corrected chi connectivity index (χ3v) is 0.589. The van der Waals surface area contributed by atoms with E-state index in [9.17, 15) is 4.79 Å². The zero-order valence-electron chi connectivity index (χ0n) is 3.53. The van der Waals surface area contributed by atoms with Crippen LogP contribution in [-0.4, -0.2) is 16.0 Å². The predicted molar refractivity (Wildman–Crippen MR) is 23.2 cm³/mol. The fourth-order valence-electron chi connectivity index (χ4n) is 0.297. The summed E-state index contributed by atoms with van der Waals surface area (Å²) in [4.78, 5) is 13.3. The van der Waals surface area contributed by atoms with Gasteiger partial charge in [0.05, 0.1) is 0 Å². The number of hydrogen-bond donors (Lipinski definition) is 0. The Bertz CT molecular complexity index is 145. The maximum Gasteiger partial charge on any atom is 0.219 e. The summed E-state index contributed by atoms with van der Waals surface area (Å²) in [5, 5.41) is 0. The summed E-state index contributed by atoms with van der Waals surface area (Å²) in [7, 11) is 0. The topological polar surface area (TPSA) is 34.9 Å². The quantitative estimate of drug-likeness (QED) is 0.450. The molecule has 0 N–H and O–H groups in total. The maximum atomic E-state index is 9.76. The summed E-state index contributed by atoms with van der Waals surface area (Å²) in [6, 6.07) is 0. The van der Waals surface area contributed by atoms with Crippen LogP contribution >= 0.6 is 0 Å². The van der Waals surface area contributed by atoms with Crippen molar-refractivity contribution in [2.24, 2.45) is 0 Å². The van der Waals surface area contributed by atoms with Crippen molar-refractivity contribution in [1.29, 1.82) is 0 Å². The molecular weight excluding hydrogens is 92.1 g/mol. The van der Waals surface area contributed by atoms with Gasteiger partial charge in [-0.2, -0.15) is 0 Å². The first-order valence-electron chi connectivity index (χ1n) is 1.79. The molecule has 0 amide bonds. The van der Waals surface area contributed by atoms with Crippen LogP contribution in [0.3, 0.4) is 0 Å². The first kappa shape index (κ1) is 4.05. The van der Waals surface area contributed by atoms with Crippen LogP contribution in [0.15, 0.2) is 12.4 Å². The van der Waals surface area contributed by atoms with Gasteiger partial charge in [-0.3, -0.25) is 9.36 Å². The third-order valence-electron chi connectivity index (χ3n) is 0.589. The number of carbonyl (C=O) groups is 1. The summed E-state index contributed by atoms with van der Waals surface area (Å²) in [5.41, 5.74) is 0. The van der Waals surface area contributed by atoms with Gasteiger partial charge in [-0.05, 0) is 0 Å². The zero-order valence-corrected chi connectivity index (χ0v) is 3.53. The molecule has 1 aromatic heterocycles. The van der Waals surface area contributed by atoms with Crippen LogP contribution in [0.2, 0.25) is 0 Å². The molecule has 1 radical (unpaired) electrons. The summed E-state index contributed by atoms with van der Waals surface area (Å²) >= 11 is 0. The normalized spacial score (nSPS) is 8.57. The van der Waals surface area contributed by atoms with Crippen molar-refractivity contribution in [2.75, 3.05) is 0 Å². The lowest BCUT2D eigenvalue weighted by atomic mass is 10.9. The molecule has 35 valence electrons. The monoisotopic (exact) mass is 95.0 g/mol. The van der Waals surface area contributed by atoms with Gasteiger partial charge in [-0.15, -0.1) is 0 Å². The van der Waals surface area contributed by atoms with Crippen LogP contribution in [0.1, 0.15) is 0 Å². The van der Waals surface area contributed by atoms with Crippen LogP contribution in [0.5, 0.6) is 0 Å². The van der Waals surface area contributed by atoms with Crippen molar-refractivity contribution in [3.8, 4) is 0 Å². The van der Waals surface area contributed by atoms with Crippen molar-refractivity contribution in [3.05, 3.63) is 18.7 Å². The van der Waals surface area contributed by atoms with Gasteiger partial charge in [0.2, 0.25) is 6.41 Å². The Morgan fingerprint density at radius 1 is 1.86 bits per heavy atom. The summed E-state index contributed by atoms with van der Waals surface area (Å²) in [6.45, 7) is 0. The van der Waals surface area contributed by atoms with Crippen molar-refractivity contribution in [3.63, 3.8) is 0 Å². The van der Waals surface area contributed by atoms with Gasteiger partial charge in [0, 0.05) is 12.4 Å². The molecule has 7 heavy (non-hydrogen) atoms. The zero-order chi connectivity index (χ0) is 5.11. The van der Waals surface area contributed by atoms with Crippen molar-refractivity contribution < 1.29 is 4.79 Å². The lowest BCUT2D eigenvalue weighted by Crippen LogP contribution is -1.87. The second-order valence-electron chi connectivity index (χ2n) is 1.04. The molecule has 1 aromatic rings. The van der Waals surface area contributed by atoms with Crippen molar-refractivity contribution in [1.82, 2.24) is 9.55 Å². The molecular formula is C4H3N2O. The molecule has 0 saturated heterocycles. The van der Waals surface area contributed by atoms with Gasteiger partial charge in [0.25, 0.3) is 0 Å². The standard InChI is InChI=1S/C4H3N2O/c7-4-6-2-1-5-3-6/h1-2,4H. The number of imidazole rings is 1. The molecule has 0 atom stereocenters. The van der Waals surface area contributed by atoms with E-state index in [4.69, 9.17) is 0 Å². The largest absolute Gasteiger partial charge is 0.278 e. The van der Waals surface area contributed by atoms with Crippen LogP contribution < -0.4 is 0 Å². The molecule has 1 heterocycles. The van der Waals surface area contributed by atoms with E-state index in [-0.39, 0.29) is 0 Å². The lowest BCUT2D eigenvalue weighted by Gasteiger charge is -1.74. The average molecular weight is 95.1 g/mol. The molecule has 3 nitrogen and oxygen atoms in total. The maximum absolute atomic E-state index is 9.76. The molecule has 0 aliphatic carbocycles. The Hall–Kier alpha value is -1.12. The van der Waals surface area contributed by atoms with Crippen molar-refractivity contribution in [2.45, 2.75) is 0 Å². The number of aromatic nitrogens is 2. The molecule has 3 heteroatoms. The molecule has 0 spiro atoms. The highest BCUT2D eigenvalue weighted by atomic mass is 16.1. The highest BCUT2D eigenvalue weighted by Crippen LogP contribution is 1.73. The number of nitrogens with zero attached hydrogens (tertiary/aromatic N) is 2. The number of hydrogen-bond acceptors (Lipinski definition) is 2. The highest BCUT2D eigenvalue weighted by molar-refractivity contribution is 5.50. The SMILES string of the molecule is O=Cn1[c]ncc1. The molecule has 0 aliphatic rings. The van der Waals surface area contributed by atoms with Gasteiger partial charge in [-0.1, -0.05) is 0 Å². The smallest absolute Gasteiger partial charge is 0.219 e. The number of carbonyl (C=O) groups excluding carboxylic acids is 1. The van der Waals surface area contributed by atoms with E-state index < -0.39 is 0 Å². The molecule has 0 fully saturated rings. The fourth-order valence-corrected chi connectivity index (χ4v) is 0.297. The van der Waals surface area contributed by atoms with E-state index in [2.05, 4.69) is 11.3 Å². The minimum atomic E-state index is 0.632. The molecule has 1 rings (SSSR count). The summed E-state index contributed by atoms with van der Waals surface area (Å²) in [6.07, 6.45) is 6.03. The van der Waals surface area contributed by atoms with Crippen LogP contribution in [0.25, 0.3) is 0 Å². The second-order valence-corrected chi connectivity index (χ2v) is 1.04. The molecule has 0 aliphatic heterocycles. The lowest BCUT2D eigenvalue weighted by molar-refractivity contribution is 0.547. The molecule has 0 unspecified atom stereocenters. The van der Waals surface area contributed by atoms with Gasteiger partial charge in [-0.25, -0.2) is 4.98 Å². The first-order chi connectivity index (χ1) is 3.43. The van der Waals surface area contributed by atoms with E-state index in [1.807, 2.05) is 0 Å². The van der Waals surface area contributed by atoms with Crippen molar-refractivity contribution >= 4 is 6.41 Å². The predicted octanol–water partition coefficient (Wildman–Crippen LogP) is -0.278. The summed E-state index contributed by atoms with van der Waals surface area (Å²) < 4.78 is 1.21. The first-order valence-corrected chi connectivity index (χ1v) is 1.79. The third kappa shape index (κ3) is 0.652. The Labute approximate surface area is 40.6 Å². The minimum Gasteiger partial charge on any atom is -0.278 e. The fraction of sp³-hybridized carbons (Fsp3) is 0. The van der Waals surface area contributed by atoms with E-state index in [0.29, 0.717) is 6.41 Å². The Balaban J connectivity index is 2.96. The van der Waals surface area contributed by atoms with E-state index >= 15 is 0 Å². The highest BCUT2D eigenvalue weighted by Gasteiger charge is 1.78. The number of rotatable bonds is 1. The van der Waals surface area contributed by atoms with E-state index in [1.54, 1.807) is 0 Å². The van der Waals surface area contributed by atoms with E-state index in [0.717, 1.165) is 0 Å². The Kier molecular flexibility index (Phi) is 0.898. The van der Waals surface area contributed by atoms with Gasteiger partial charge in [0.15, 0.2) is 6.33 Å². The minimum absolute atomic E-state index is 0.632. The van der Waals surface area contributed by atoms with Gasteiger partial charge >= 0.3 is 0 Å². The second kappa shape index (κ2) is 1.55. The van der Waals surface area contributed by atoms with E-state index in [1.165, 1.54) is 17.0 Å². The van der Waals surface area contributed by atoms with Crippen LogP contribution in [0.4, 0.5) is 0 Å². The molecule has 0 saturated carbocycles.